The molecule has 0 spiro atoms. The van der Waals surface area contributed by atoms with Crippen molar-refractivity contribution in [3.05, 3.63) is 46.6 Å². The largest absolute Gasteiger partial charge is 0.508 e. The molecule has 0 aliphatic carbocycles. The molecule has 0 saturated carbocycles. The van der Waals surface area contributed by atoms with E-state index in [1.165, 1.54) is 37.3 Å². The molecule has 0 bridgehead atoms. The molecule has 2 aliphatic heterocycles. The van der Waals surface area contributed by atoms with Gasteiger partial charge in [0, 0.05) is 17.7 Å². The second kappa shape index (κ2) is 11.6. The molecule has 0 amide bonds. The lowest BCUT2D eigenvalue weighted by Crippen LogP contribution is -2.60. The van der Waals surface area contributed by atoms with Gasteiger partial charge in [0.15, 0.2) is 5.76 Å². The lowest BCUT2D eigenvalue weighted by molar-refractivity contribution is -0.277. The van der Waals surface area contributed by atoms with Crippen molar-refractivity contribution in [2.75, 3.05) is 6.61 Å². The summed E-state index contributed by atoms with van der Waals surface area (Å²) >= 11 is 0. The van der Waals surface area contributed by atoms with E-state index in [2.05, 4.69) is 0 Å². The lowest BCUT2D eigenvalue weighted by atomic mass is 9.99. The highest BCUT2D eigenvalue weighted by Gasteiger charge is 2.46. The first-order valence-electron chi connectivity index (χ1n) is 12.9. The van der Waals surface area contributed by atoms with E-state index in [0.717, 1.165) is 6.07 Å². The monoisotopic (exact) mass is 594 g/mol. The van der Waals surface area contributed by atoms with Crippen molar-refractivity contribution in [1.82, 2.24) is 0 Å². The molecule has 15 nitrogen and oxygen atoms in total. The molecular formula is C27H30O15. The van der Waals surface area contributed by atoms with Gasteiger partial charge in [-0.1, -0.05) is 0 Å². The molecule has 2 saturated heterocycles. The molecule has 2 fully saturated rings. The molecule has 3 aromatic rings. The Balaban J connectivity index is 1.58. The number of benzene rings is 2. The van der Waals surface area contributed by atoms with Crippen LogP contribution in [0.5, 0.6) is 23.0 Å². The van der Waals surface area contributed by atoms with Crippen molar-refractivity contribution in [3.8, 4) is 34.3 Å². The topological polar surface area (TPSA) is 249 Å². The highest BCUT2D eigenvalue weighted by molar-refractivity contribution is 5.88. The first-order valence-corrected chi connectivity index (χ1v) is 12.9. The molecule has 2 aromatic carbocycles. The Bertz CT molecular complexity index is 1470. The van der Waals surface area contributed by atoms with Gasteiger partial charge in [0.2, 0.25) is 23.8 Å². The van der Waals surface area contributed by atoms with Crippen molar-refractivity contribution in [3.63, 3.8) is 0 Å². The number of aliphatic hydroxyl groups excluding tert-OH is 7. The summed E-state index contributed by atoms with van der Waals surface area (Å²) in [6.07, 6.45) is -15.5. The fraction of sp³-hybridized carbons (Fsp3) is 0.444. The minimum Gasteiger partial charge on any atom is -0.508 e. The highest BCUT2D eigenvalue weighted by atomic mass is 16.7. The minimum atomic E-state index is -1.87. The second-order valence-corrected chi connectivity index (χ2v) is 10.1. The van der Waals surface area contributed by atoms with Crippen LogP contribution >= 0.6 is 0 Å². The number of aliphatic hydroxyl groups is 7. The fourth-order valence-corrected chi connectivity index (χ4v) is 4.76. The maximum absolute atomic E-state index is 13.7. The molecule has 2 aliphatic rings. The Kier molecular flexibility index (Phi) is 8.30. The second-order valence-electron chi connectivity index (χ2n) is 10.1. The van der Waals surface area contributed by atoms with Gasteiger partial charge < -0.3 is 69.3 Å². The van der Waals surface area contributed by atoms with Crippen LogP contribution < -0.4 is 14.9 Å². The van der Waals surface area contributed by atoms with E-state index < -0.39 is 90.3 Å². The van der Waals surface area contributed by atoms with E-state index in [0.29, 0.717) is 0 Å². The van der Waals surface area contributed by atoms with Gasteiger partial charge in [-0.2, -0.15) is 0 Å². The van der Waals surface area contributed by atoms with Crippen LogP contribution in [0.25, 0.3) is 22.3 Å². The standard InChI is InChI=1S/C27H30O15/c1-9-17(31)20(34)22(36)26(38-9)39-12-6-13(30)16-14(7-12)40-24(10-2-4-11(29)5-3-10)25(19(16)33)42-27-23(37)21(35)18(32)15(8-28)41-27/h2-7,9,15,17-18,20-23,26-32,34-37H,8H2,1H3/t9-,15+,17-,18-,20+,21-,22+,23+,26-,27-/m0/s1. The van der Waals surface area contributed by atoms with E-state index in [4.69, 9.17) is 23.4 Å². The molecule has 1 aromatic heterocycles. The summed E-state index contributed by atoms with van der Waals surface area (Å²) in [7, 11) is 0. The fourth-order valence-electron chi connectivity index (χ4n) is 4.76. The van der Waals surface area contributed by atoms with Crippen molar-refractivity contribution >= 4 is 11.0 Å². The van der Waals surface area contributed by atoms with Gasteiger partial charge in [-0.15, -0.1) is 0 Å². The number of hydrogen-bond acceptors (Lipinski definition) is 15. The molecule has 3 heterocycles. The summed E-state index contributed by atoms with van der Waals surface area (Å²) in [4.78, 5) is 13.7. The Morgan fingerprint density at radius 3 is 2.05 bits per heavy atom. The number of phenolic OH excluding ortho intramolecular Hbond substituents is 2. The summed E-state index contributed by atoms with van der Waals surface area (Å²) in [5.74, 6) is -1.77. The quantitative estimate of drug-likeness (QED) is 0.154. The van der Waals surface area contributed by atoms with Crippen LogP contribution in [0.3, 0.4) is 0 Å². The van der Waals surface area contributed by atoms with Crippen LogP contribution in [0.2, 0.25) is 0 Å². The number of phenols is 2. The van der Waals surface area contributed by atoms with Crippen LogP contribution in [0.4, 0.5) is 0 Å². The average Bonchev–Trinajstić information content (AvgIpc) is 2.96. The number of ether oxygens (including phenoxy) is 4. The molecule has 5 rings (SSSR count). The van der Waals surface area contributed by atoms with E-state index in [-0.39, 0.29) is 28.4 Å². The molecular weight excluding hydrogens is 564 g/mol. The number of rotatable bonds is 6. The van der Waals surface area contributed by atoms with Gasteiger partial charge in [-0.25, -0.2) is 0 Å². The zero-order valence-electron chi connectivity index (χ0n) is 21.9. The Labute approximate surface area is 236 Å². The third-order valence-electron chi connectivity index (χ3n) is 7.18. The lowest BCUT2D eigenvalue weighted by Gasteiger charge is -2.39. The molecule has 15 heteroatoms. The third-order valence-corrected chi connectivity index (χ3v) is 7.18. The molecule has 10 atom stereocenters. The summed E-state index contributed by atoms with van der Waals surface area (Å²) in [5, 5.41) is 90.7. The van der Waals surface area contributed by atoms with Gasteiger partial charge in [-0.3, -0.25) is 4.79 Å². The van der Waals surface area contributed by atoms with Gasteiger partial charge in [-0.05, 0) is 31.2 Å². The number of aromatic hydroxyl groups is 2. The number of hydrogen-bond donors (Lipinski definition) is 9. The van der Waals surface area contributed by atoms with Gasteiger partial charge in [0.1, 0.15) is 70.9 Å². The highest BCUT2D eigenvalue weighted by Crippen LogP contribution is 2.38. The van der Waals surface area contributed by atoms with E-state index in [1.54, 1.807) is 0 Å². The van der Waals surface area contributed by atoms with Crippen molar-refractivity contribution < 1.29 is 69.3 Å². The molecule has 9 N–H and O–H groups in total. The van der Waals surface area contributed by atoms with Crippen LogP contribution in [-0.2, 0) is 9.47 Å². The predicted molar refractivity (Wildman–Crippen MR) is 139 cm³/mol. The zero-order chi connectivity index (χ0) is 30.5. The normalized spacial score (nSPS) is 33.4. The van der Waals surface area contributed by atoms with Gasteiger partial charge in [0.05, 0.1) is 12.7 Å². The van der Waals surface area contributed by atoms with Crippen molar-refractivity contribution in [2.45, 2.75) is 68.3 Å². The molecule has 42 heavy (non-hydrogen) atoms. The zero-order valence-corrected chi connectivity index (χ0v) is 21.9. The maximum atomic E-state index is 13.7. The molecule has 0 unspecified atom stereocenters. The Morgan fingerprint density at radius 2 is 1.40 bits per heavy atom. The Hall–Kier alpha value is -3.51. The molecule has 0 radical (unpaired) electrons. The van der Waals surface area contributed by atoms with E-state index in [1.807, 2.05) is 0 Å². The summed E-state index contributed by atoms with van der Waals surface area (Å²) in [5.41, 5.74) is -1.01. The SMILES string of the molecule is C[C@@H]1O[C@@H](Oc2cc(O)c3c(=O)c(O[C@@H]4O[C@H](CO)[C@H](O)[C@H](O)[C@H]4O)c(-c4ccc(O)cc4)oc3c2)[C@H](O)[C@H](O)[C@H]1O. The average molecular weight is 595 g/mol. The smallest absolute Gasteiger partial charge is 0.239 e. The van der Waals surface area contributed by atoms with Gasteiger partial charge in [0.25, 0.3) is 0 Å². The molecule has 228 valence electrons. The van der Waals surface area contributed by atoms with E-state index in [9.17, 15) is 50.8 Å². The predicted octanol–water partition coefficient (Wildman–Crippen LogP) is -1.74. The summed E-state index contributed by atoms with van der Waals surface area (Å²) in [6.45, 7) is 0.702. The van der Waals surface area contributed by atoms with Gasteiger partial charge >= 0.3 is 0 Å². The number of fused-ring (bicyclic) bond motifs is 1. The van der Waals surface area contributed by atoms with Crippen molar-refractivity contribution in [1.29, 1.82) is 0 Å². The van der Waals surface area contributed by atoms with Crippen LogP contribution in [0, 0.1) is 0 Å². The van der Waals surface area contributed by atoms with Crippen molar-refractivity contribution in [2.24, 2.45) is 0 Å². The third kappa shape index (κ3) is 5.37. The van der Waals surface area contributed by atoms with Crippen LogP contribution in [0.1, 0.15) is 6.92 Å². The first-order chi connectivity index (χ1) is 19.9. The van der Waals surface area contributed by atoms with E-state index >= 15 is 0 Å². The first kappa shape index (κ1) is 30.0. The maximum Gasteiger partial charge on any atom is 0.239 e. The van der Waals surface area contributed by atoms with Crippen LogP contribution in [0.15, 0.2) is 45.6 Å². The summed E-state index contributed by atoms with van der Waals surface area (Å²) in [6, 6.07) is 7.53. The Morgan fingerprint density at radius 1 is 0.786 bits per heavy atom. The minimum absolute atomic E-state index is 0.112. The summed E-state index contributed by atoms with van der Waals surface area (Å²) < 4.78 is 28.0. The van der Waals surface area contributed by atoms with Crippen LogP contribution in [-0.4, -0.2) is 114 Å².